The summed E-state index contributed by atoms with van der Waals surface area (Å²) in [6, 6.07) is 17.3. The van der Waals surface area contributed by atoms with Gasteiger partial charge in [0.15, 0.2) is 11.5 Å². The van der Waals surface area contributed by atoms with Crippen LogP contribution in [0.1, 0.15) is 22.8 Å². The number of nitrogens with zero attached hydrogens (tertiary/aromatic N) is 1. The number of benzene rings is 3. The highest BCUT2D eigenvalue weighted by Crippen LogP contribution is 2.38. The summed E-state index contributed by atoms with van der Waals surface area (Å²) in [6.45, 7) is 1.85. The van der Waals surface area contributed by atoms with Gasteiger partial charge in [-0.25, -0.2) is 5.43 Å². The van der Waals surface area contributed by atoms with E-state index < -0.39 is 0 Å². The zero-order valence-corrected chi connectivity index (χ0v) is 16.3. The minimum atomic E-state index is -0.376. The lowest BCUT2D eigenvalue weighted by Crippen LogP contribution is -2.19. The Morgan fingerprint density at radius 1 is 0.821 bits per heavy atom. The van der Waals surface area contributed by atoms with Crippen molar-refractivity contribution in [2.24, 2.45) is 5.10 Å². The molecule has 1 N–H and O–H groups in total. The van der Waals surface area contributed by atoms with Crippen LogP contribution >= 0.6 is 0 Å². The molecule has 6 nitrogen and oxygen atoms in total. The number of methoxy groups -OCH3 is 3. The number of hydrogen-bond donors (Lipinski definition) is 1. The first-order chi connectivity index (χ1) is 13.6. The minimum Gasteiger partial charge on any atom is -0.493 e. The Labute approximate surface area is 163 Å². The second kappa shape index (κ2) is 8.43. The topological polar surface area (TPSA) is 69.2 Å². The van der Waals surface area contributed by atoms with E-state index in [2.05, 4.69) is 16.6 Å². The average Bonchev–Trinajstić information content (AvgIpc) is 2.75. The Balaban J connectivity index is 1.83. The van der Waals surface area contributed by atoms with Gasteiger partial charge < -0.3 is 14.2 Å². The zero-order chi connectivity index (χ0) is 20.1. The number of fused-ring (bicyclic) bond motifs is 1. The fourth-order valence-corrected chi connectivity index (χ4v) is 2.89. The number of carbonyl (C=O) groups excluding carboxylic acids is 1. The quantitative estimate of drug-likeness (QED) is 0.520. The van der Waals surface area contributed by atoms with Gasteiger partial charge in [-0.3, -0.25) is 4.79 Å². The molecule has 0 spiro atoms. The summed E-state index contributed by atoms with van der Waals surface area (Å²) in [5.41, 5.74) is 4.57. The van der Waals surface area contributed by atoms with Gasteiger partial charge in [-0.15, -0.1) is 0 Å². The summed E-state index contributed by atoms with van der Waals surface area (Å²) >= 11 is 0. The first kappa shape index (κ1) is 19.2. The third kappa shape index (κ3) is 3.91. The Kier molecular flexibility index (Phi) is 5.79. The molecule has 0 unspecified atom stereocenters. The molecule has 0 aliphatic carbocycles. The summed E-state index contributed by atoms with van der Waals surface area (Å²) < 4.78 is 15.8. The van der Waals surface area contributed by atoms with Crippen molar-refractivity contribution in [3.8, 4) is 17.2 Å². The van der Waals surface area contributed by atoms with Gasteiger partial charge in [0.25, 0.3) is 5.91 Å². The van der Waals surface area contributed by atoms with Gasteiger partial charge in [-0.2, -0.15) is 5.10 Å². The van der Waals surface area contributed by atoms with E-state index in [1.54, 1.807) is 12.1 Å². The summed E-state index contributed by atoms with van der Waals surface area (Å²) in [7, 11) is 4.51. The molecule has 0 heterocycles. The van der Waals surface area contributed by atoms with Gasteiger partial charge in [0, 0.05) is 5.56 Å². The smallest absolute Gasteiger partial charge is 0.271 e. The third-order valence-electron chi connectivity index (χ3n) is 4.42. The molecular formula is C22H22N2O4. The van der Waals surface area contributed by atoms with E-state index >= 15 is 0 Å². The summed E-state index contributed by atoms with van der Waals surface area (Å²) in [5.74, 6) is 0.862. The zero-order valence-electron chi connectivity index (χ0n) is 16.3. The van der Waals surface area contributed by atoms with Gasteiger partial charge in [0.2, 0.25) is 5.75 Å². The molecule has 0 fully saturated rings. The average molecular weight is 378 g/mol. The van der Waals surface area contributed by atoms with Crippen LogP contribution in [0.4, 0.5) is 0 Å². The van der Waals surface area contributed by atoms with Gasteiger partial charge in [-0.05, 0) is 41.5 Å². The van der Waals surface area contributed by atoms with Gasteiger partial charge in [0.1, 0.15) is 0 Å². The number of rotatable bonds is 6. The Hall–Kier alpha value is -3.54. The van der Waals surface area contributed by atoms with Crippen molar-refractivity contribution in [2.45, 2.75) is 6.92 Å². The highest BCUT2D eigenvalue weighted by atomic mass is 16.5. The molecule has 3 aromatic rings. The lowest BCUT2D eigenvalue weighted by atomic mass is 10.0. The maximum atomic E-state index is 12.6. The van der Waals surface area contributed by atoms with Gasteiger partial charge in [0.05, 0.1) is 27.0 Å². The predicted molar refractivity (Wildman–Crippen MR) is 110 cm³/mol. The molecule has 3 aromatic carbocycles. The molecule has 1 amide bonds. The van der Waals surface area contributed by atoms with E-state index in [4.69, 9.17) is 14.2 Å². The minimum absolute atomic E-state index is 0.351. The van der Waals surface area contributed by atoms with Crippen molar-refractivity contribution in [3.05, 3.63) is 65.7 Å². The molecule has 28 heavy (non-hydrogen) atoms. The Bertz CT molecular complexity index is 1020. The highest BCUT2D eigenvalue weighted by Gasteiger charge is 2.16. The normalized spacial score (nSPS) is 11.2. The van der Waals surface area contributed by atoms with Gasteiger partial charge in [-0.1, -0.05) is 36.4 Å². The van der Waals surface area contributed by atoms with E-state index in [1.165, 1.54) is 21.3 Å². The largest absolute Gasteiger partial charge is 0.493 e. The number of hydrogen-bond acceptors (Lipinski definition) is 5. The van der Waals surface area contributed by atoms with Crippen molar-refractivity contribution < 1.29 is 19.0 Å². The van der Waals surface area contributed by atoms with Crippen molar-refractivity contribution in [1.82, 2.24) is 5.43 Å². The molecule has 0 saturated heterocycles. The van der Waals surface area contributed by atoms with Crippen molar-refractivity contribution in [1.29, 1.82) is 0 Å². The molecular weight excluding hydrogens is 356 g/mol. The van der Waals surface area contributed by atoms with E-state index in [0.717, 1.165) is 16.3 Å². The molecule has 3 rings (SSSR count). The standard InChI is InChI=1S/C22H22N2O4/c1-14(16-10-9-15-7-5-6-8-17(15)11-16)23-24-22(25)18-12-19(26-2)21(28-4)20(13-18)27-3/h5-13H,1-4H3,(H,24,25)/b23-14-. The van der Waals surface area contributed by atoms with Crippen LogP contribution in [0.25, 0.3) is 10.8 Å². The van der Waals surface area contributed by atoms with Crippen molar-refractivity contribution in [2.75, 3.05) is 21.3 Å². The molecule has 0 aliphatic rings. The number of amides is 1. The summed E-state index contributed by atoms with van der Waals surface area (Å²) in [4.78, 5) is 12.6. The number of ether oxygens (including phenoxy) is 3. The van der Waals surface area contributed by atoms with Crippen molar-refractivity contribution in [3.63, 3.8) is 0 Å². The molecule has 0 aliphatic heterocycles. The maximum absolute atomic E-state index is 12.6. The second-order valence-electron chi connectivity index (χ2n) is 6.11. The first-order valence-electron chi connectivity index (χ1n) is 8.71. The molecule has 0 bridgehead atoms. The lowest BCUT2D eigenvalue weighted by Gasteiger charge is -2.13. The number of hydrazone groups is 1. The molecule has 0 saturated carbocycles. The fraction of sp³-hybridized carbons (Fsp3) is 0.182. The van der Waals surface area contributed by atoms with Crippen LogP contribution in [-0.2, 0) is 0 Å². The number of carbonyl (C=O) groups is 1. The maximum Gasteiger partial charge on any atom is 0.271 e. The predicted octanol–water partition coefficient (Wildman–Crippen LogP) is 4.02. The summed E-state index contributed by atoms with van der Waals surface area (Å²) in [5, 5.41) is 6.50. The van der Waals surface area contributed by atoms with Gasteiger partial charge >= 0.3 is 0 Å². The van der Waals surface area contributed by atoms with Crippen LogP contribution in [0.15, 0.2) is 59.7 Å². The molecule has 0 aromatic heterocycles. The van der Waals surface area contributed by atoms with Crippen LogP contribution in [0.2, 0.25) is 0 Å². The van der Waals surface area contributed by atoms with E-state index in [9.17, 15) is 4.79 Å². The fourth-order valence-electron chi connectivity index (χ4n) is 2.89. The Morgan fingerprint density at radius 2 is 1.46 bits per heavy atom. The molecule has 6 heteroatoms. The first-order valence-corrected chi connectivity index (χ1v) is 8.71. The lowest BCUT2D eigenvalue weighted by molar-refractivity contribution is 0.0954. The third-order valence-corrected chi connectivity index (χ3v) is 4.42. The summed E-state index contributed by atoms with van der Waals surface area (Å²) in [6.07, 6.45) is 0. The van der Waals surface area contributed by atoms with E-state index in [1.807, 2.05) is 43.3 Å². The van der Waals surface area contributed by atoms with Crippen LogP contribution in [-0.4, -0.2) is 32.9 Å². The van der Waals surface area contributed by atoms with E-state index in [0.29, 0.717) is 28.5 Å². The second-order valence-corrected chi connectivity index (χ2v) is 6.11. The molecule has 144 valence electrons. The van der Waals surface area contributed by atoms with Crippen LogP contribution in [0.5, 0.6) is 17.2 Å². The monoisotopic (exact) mass is 378 g/mol. The SMILES string of the molecule is COc1cc(C(=O)N/N=C(/C)c2ccc3ccccc3c2)cc(OC)c1OC. The highest BCUT2D eigenvalue weighted by molar-refractivity contribution is 6.03. The Morgan fingerprint density at radius 3 is 2.07 bits per heavy atom. The van der Waals surface area contributed by atoms with Crippen molar-refractivity contribution >= 4 is 22.4 Å². The van der Waals surface area contributed by atoms with E-state index in [-0.39, 0.29) is 5.91 Å². The number of nitrogens with one attached hydrogen (secondary N) is 1. The molecule has 0 atom stereocenters. The van der Waals surface area contributed by atoms with Crippen LogP contribution < -0.4 is 19.6 Å². The molecule has 0 radical (unpaired) electrons. The van der Waals surface area contributed by atoms with Crippen LogP contribution in [0.3, 0.4) is 0 Å². The van der Waals surface area contributed by atoms with Crippen LogP contribution in [0, 0.1) is 0 Å².